The molecule has 1 amide bonds. The van der Waals surface area contributed by atoms with Gasteiger partial charge in [-0.1, -0.05) is 54.6 Å². The molecule has 0 bridgehead atoms. The quantitative estimate of drug-likeness (QED) is 0.404. The van der Waals surface area contributed by atoms with Gasteiger partial charge >= 0.3 is 6.09 Å². The van der Waals surface area contributed by atoms with Crippen molar-refractivity contribution >= 4 is 38.5 Å². The van der Waals surface area contributed by atoms with Crippen molar-refractivity contribution in [2.45, 2.75) is 19.5 Å². The molecule has 0 unspecified atom stereocenters. The number of anilines is 1. The van der Waals surface area contributed by atoms with Crippen molar-refractivity contribution in [3.05, 3.63) is 88.1 Å². The zero-order chi connectivity index (χ0) is 21.2. The standard InChI is InChI=1S/C24H20BrN3O3/c25-22-17(11-10-16-6-4-5-9-19(16)22)14-28-13-12-21-20(15-28)23(27-31-21)30-24(29)26-18-7-2-1-3-8-18/h1-11H,12-15H2,(H,26,29). The van der Waals surface area contributed by atoms with Gasteiger partial charge in [0.2, 0.25) is 0 Å². The smallest absolute Gasteiger partial charge is 0.387 e. The topological polar surface area (TPSA) is 67.6 Å². The molecule has 0 atom stereocenters. The second-order valence-electron chi connectivity index (χ2n) is 7.49. The lowest BCUT2D eigenvalue weighted by Gasteiger charge is -2.26. The van der Waals surface area contributed by atoms with Gasteiger partial charge in [0.1, 0.15) is 5.76 Å². The molecule has 1 aromatic heterocycles. The summed E-state index contributed by atoms with van der Waals surface area (Å²) in [6.45, 7) is 2.22. The molecule has 5 rings (SSSR count). The summed E-state index contributed by atoms with van der Waals surface area (Å²) in [7, 11) is 0. The molecule has 1 aliphatic heterocycles. The van der Waals surface area contributed by atoms with Gasteiger partial charge in [0.15, 0.2) is 0 Å². The van der Waals surface area contributed by atoms with Gasteiger partial charge in [0.05, 0.1) is 5.56 Å². The minimum Gasteiger partial charge on any atom is -0.387 e. The lowest BCUT2D eigenvalue weighted by Crippen LogP contribution is -2.30. The molecule has 4 aromatic rings. The molecule has 0 saturated carbocycles. The first-order valence-corrected chi connectivity index (χ1v) is 10.9. The van der Waals surface area contributed by atoms with Gasteiger partial charge in [-0.2, -0.15) is 0 Å². The van der Waals surface area contributed by atoms with Crippen LogP contribution in [-0.4, -0.2) is 22.7 Å². The number of nitrogens with one attached hydrogen (secondary N) is 1. The van der Waals surface area contributed by atoms with Crippen molar-refractivity contribution in [3.8, 4) is 5.88 Å². The van der Waals surface area contributed by atoms with E-state index in [1.807, 2.05) is 30.3 Å². The normalized spacial score (nSPS) is 13.7. The van der Waals surface area contributed by atoms with Crippen molar-refractivity contribution in [3.63, 3.8) is 0 Å². The van der Waals surface area contributed by atoms with Crippen LogP contribution in [0.5, 0.6) is 5.88 Å². The number of nitrogens with zero attached hydrogens (tertiary/aromatic N) is 2. The summed E-state index contributed by atoms with van der Waals surface area (Å²) in [5.74, 6) is 1.00. The van der Waals surface area contributed by atoms with Crippen LogP contribution in [0.3, 0.4) is 0 Å². The Kier molecular flexibility index (Phi) is 5.44. The molecule has 0 spiro atoms. The van der Waals surface area contributed by atoms with E-state index in [0.717, 1.165) is 35.3 Å². The van der Waals surface area contributed by atoms with Crippen LogP contribution < -0.4 is 10.1 Å². The van der Waals surface area contributed by atoms with Gasteiger partial charge in [-0.25, -0.2) is 4.79 Å². The third-order valence-electron chi connectivity index (χ3n) is 5.42. The number of carbonyl (C=O) groups excluding carboxylic acids is 1. The Labute approximate surface area is 187 Å². The van der Waals surface area contributed by atoms with Gasteiger partial charge in [-0.05, 0) is 49.6 Å². The maximum Gasteiger partial charge on any atom is 0.418 e. The number of benzene rings is 3. The molecule has 0 radical (unpaired) electrons. The van der Waals surface area contributed by atoms with Gasteiger partial charge in [0, 0.05) is 36.2 Å². The van der Waals surface area contributed by atoms with Gasteiger partial charge < -0.3 is 9.26 Å². The van der Waals surface area contributed by atoms with E-state index in [4.69, 9.17) is 9.26 Å². The highest BCUT2D eigenvalue weighted by Crippen LogP contribution is 2.32. The minimum absolute atomic E-state index is 0.228. The number of rotatable bonds is 4. The first-order valence-electron chi connectivity index (χ1n) is 10.1. The fourth-order valence-electron chi connectivity index (χ4n) is 3.85. The van der Waals surface area contributed by atoms with Crippen LogP contribution >= 0.6 is 15.9 Å². The number of ether oxygens (including phenoxy) is 1. The number of hydrogen-bond acceptors (Lipinski definition) is 5. The molecular weight excluding hydrogens is 458 g/mol. The van der Waals surface area contributed by atoms with Crippen molar-refractivity contribution in [1.82, 2.24) is 10.1 Å². The summed E-state index contributed by atoms with van der Waals surface area (Å²) >= 11 is 3.78. The lowest BCUT2D eigenvalue weighted by atomic mass is 10.0. The number of amides is 1. The number of hydrogen-bond donors (Lipinski definition) is 1. The number of fused-ring (bicyclic) bond motifs is 2. The predicted molar refractivity (Wildman–Crippen MR) is 122 cm³/mol. The lowest BCUT2D eigenvalue weighted by molar-refractivity contribution is 0.209. The molecule has 31 heavy (non-hydrogen) atoms. The highest BCUT2D eigenvalue weighted by molar-refractivity contribution is 9.10. The van der Waals surface area contributed by atoms with E-state index in [1.54, 1.807) is 12.1 Å². The highest BCUT2D eigenvalue weighted by Gasteiger charge is 2.27. The molecule has 7 heteroatoms. The number of halogens is 1. The third-order valence-corrected chi connectivity index (χ3v) is 6.35. The van der Waals surface area contributed by atoms with Gasteiger partial charge in [-0.3, -0.25) is 10.2 Å². The van der Waals surface area contributed by atoms with Crippen molar-refractivity contribution < 1.29 is 14.1 Å². The molecule has 1 N–H and O–H groups in total. The van der Waals surface area contributed by atoms with Crippen LogP contribution in [0.25, 0.3) is 10.8 Å². The first-order chi connectivity index (χ1) is 15.2. The predicted octanol–water partition coefficient (Wildman–Crippen LogP) is 5.76. The molecule has 0 aliphatic carbocycles. The van der Waals surface area contributed by atoms with E-state index in [-0.39, 0.29) is 5.88 Å². The SMILES string of the molecule is O=C(Nc1ccccc1)Oc1noc2c1CN(Cc1ccc3ccccc3c1Br)CC2. The second-order valence-corrected chi connectivity index (χ2v) is 8.28. The molecule has 2 heterocycles. The van der Waals surface area contributed by atoms with E-state index < -0.39 is 6.09 Å². The largest absolute Gasteiger partial charge is 0.418 e. The highest BCUT2D eigenvalue weighted by atomic mass is 79.9. The summed E-state index contributed by atoms with van der Waals surface area (Å²) in [4.78, 5) is 14.6. The molecular formula is C24H20BrN3O3. The van der Waals surface area contributed by atoms with E-state index in [9.17, 15) is 4.79 Å². The summed E-state index contributed by atoms with van der Waals surface area (Å²) in [5, 5.41) is 9.09. The van der Waals surface area contributed by atoms with Gasteiger partial charge in [0.25, 0.3) is 5.88 Å². The first kappa shape index (κ1) is 19.8. The number of aromatic nitrogens is 1. The Balaban J connectivity index is 1.30. The minimum atomic E-state index is -0.586. The van der Waals surface area contributed by atoms with Crippen molar-refractivity contribution in [2.75, 3.05) is 11.9 Å². The van der Waals surface area contributed by atoms with Crippen molar-refractivity contribution in [2.24, 2.45) is 0 Å². The molecule has 3 aromatic carbocycles. The van der Waals surface area contributed by atoms with Crippen LogP contribution in [0.1, 0.15) is 16.9 Å². The number of carbonyl (C=O) groups is 1. The summed E-state index contributed by atoms with van der Waals surface area (Å²) < 4.78 is 12.0. The Bertz CT molecular complexity index is 1240. The molecule has 0 saturated heterocycles. The van der Waals surface area contributed by atoms with Crippen LogP contribution in [-0.2, 0) is 19.5 Å². The number of para-hydroxylation sites is 1. The third kappa shape index (κ3) is 4.19. The second kappa shape index (κ2) is 8.53. The molecule has 6 nitrogen and oxygen atoms in total. The summed E-state index contributed by atoms with van der Waals surface area (Å²) in [6.07, 6.45) is 0.133. The van der Waals surface area contributed by atoms with E-state index >= 15 is 0 Å². The van der Waals surface area contributed by atoms with E-state index in [0.29, 0.717) is 12.2 Å². The van der Waals surface area contributed by atoms with Crippen LogP contribution in [0.4, 0.5) is 10.5 Å². The Morgan fingerprint density at radius 2 is 1.90 bits per heavy atom. The Morgan fingerprint density at radius 1 is 1.10 bits per heavy atom. The summed E-state index contributed by atoms with van der Waals surface area (Å²) in [6, 6.07) is 21.8. The van der Waals surface area contributed by atoms with E-state index in [2.05, 4.69) is 55.6 Å². The van der Waals surface area contributed by atoms with Crippen LogP contribution in [0.2, 0.25) is 0 Å². The average molecular weight is 478 g/mol. The van der Waals surface area contributed by atoms with Crippen LogP contribution in [0, 0.1) is 0 Å². The fourth-order valence-corrected chi connectivity index (χ4v) is 4.47. The van der Waals surface area contributed by atoms with Gasteiger partial charge in [-0.15, -0.1) is 0 Å². The maximum absolute atomic E-state index is 12.3. The zero-order valence-electron chi connectivity index (χ0n) is 16.7. The summed E-state index contributed by atoms with van der Waals surface area (Å²) in [5.41, 5.74) is 2.70. The monoisotopic (exact) mass is 477 g/mol. The maximum atomic E-state index is 12.3. The zero-order valence-corrected chi connectivity index (χ0v) is 18.3. The van der Waals surface area contributed by atoms with Crippen LogP contribution in [0.15, 0.2) is 75.7 Å². The molecule has 156 valence electrons. The molecule has 1 aliphatic rings. The molecule has 0 fully saturated rings. The average Bonchev–Trinajstić information content (AvgIpc) is 3.18. The van der Waals surface area contributed by atoms with Crippen molar-refractivity contribution in [1.29, 1.82) is 0 Å². The van der Waals surface area contributed by atoms with E-state index in [1.165, 1.54) is 16.3 Å². The Morgan fingerprint density at radius 3 is 2.77 bits per heavy atom. The Hall–Kier alpha value is -3.16. The fraction of sp³-hybridized carbons (Fsp3) is 0.167.